The van der Waals surface area contributed by atoms with Gasteiger partial charge >= 0.3 is 0 Å². The van der Waals surface area contributed by atoms with Gasteiger partial charge in [0, 0.05) is 17.0 Å². The first kappa shape index (κ1) is 8.87. The van der Waals surface area contributed by atoms with E-state index < -0.39 is 0 Å². The van der Waals surface area contributed by atoms with Crippen LogP contribution in [0.15, 0.2) is 18.2 Å². The van der Waals surface area contributed by atoms with E-state index in [4.69, 9.17) is 22.7 Å². The Morgan fingerprint density at radius 2 is 2.25 bits per heavy atom. The van der Waals surface area contributed by atoms with E-state index in [9.17, 15) is 5.11 Å². The minimum absolute atomic E-state index is 0.00701. The maximum atomic E-state index is 9.27. The number of aromatic hydroxyl groups is 1. The number of hydrogen-bond donors (Lipinski definition) is 3. The zero-order valence-electron chi connectivity index (χ0n) is 6.34. The standard InChI is InChI=1S/C8H9ClN2O/c9-6-1-2-7(12)5(3-6)4-8(10)11/h1-3,12H,4H2,(H3,10,11). The number of phenols is 1. The van der Waals surface area contributed by atoms with E-state index >= 15 is 0 Å². The predicted octanol–water partition coefficient (Wildman–Crippen LogP) is 1.52. The highest BCUT2D eigenvalue weighted by Crippen LogP contribution is 2.21. The van der Waals surface area contributed by atoms with Crippen LogP contribution in [0.25, 0.3) is 0 Å². The molecule has 64 valence electrons. The van der Waals surface area contributed by atoms with Gasteiger partial charge < -0.3 is 10.8 Å². The minimum Gasteiger partial charge on any atom is -0.508 e. The number of nitrogens with two attached hydrogens (primary N) is 1. The molecule has 4 N–H and O–H groups in total. The van der Waals surface area contributed by atoms with Crippen molar-refractivity contribution in [2.24, 2.45) is 5.73 Å². The maximum absolute atomic E-state index is 9.27. The Kier molecular flexibility index (Phi) is 2.55. The van der Waals surface area contributed by atoms with Crippen molar-refractivity contribution in [2.45, 2.75) is 6.42 Å². The first-order valence-electron chi connectivity index (χ1n) is 3.40. The van der Waals surface area contributed by atoms with Gasteiger partial charge in [0.1, 0.15) is 5.75 Å². The van der Waals surface area contributed by atoms with Crippen LogP contribution in [0.2, 0.25) is 5.02 Å². The number of phenolic OH excluding ortho intramolecular Hbond substituents is 1. The molecule has 1 aromatic rings. The summed E-state index contributed by atoms with van der Waals surface area (Å²) in [5, 5.41) is 16.8. The van der Waals surface area contributed by atoms with E-state index in [1.807, 2.05) is 0 Å². The summed E-state index contributed by atoms with van der Waals surface area (Å²) in [5.74, 6) is 0.127. The molecule has 4 heteroatoms. The Morgan fingerprint density at radius 1 is 1.58 bits per heavy atom. The van der Waals surface area contributed by atoms with Crippen LogP contribution in [0.1, 0.15) is 5.56 Å². The van der Waals surface area contributed by atoms with E-state index in [2.05, 4.69) is 0 Å². The van der Waals surface area contributed by atoms with Crippen molar-refractivity contribution in [3.63, 3.8) is 0 Å². The molecule has 0 aliphatic carbocycles. The van der Waals surface area contributed by atoms with E-state index in [0.29, 0.717) is 10.6 Å². The summed E-state index contributed by atoms with van der Waals surface area (Å²) in [5.41, 5.74) is 5.75. The molecule has 1 aromatic carbocycles. The molecular weight excluding hydrogens is 176 g/mol. The van der Waals surface area contributed by atoms with Gasteiger partial charge in [0.2, 0.25) is 0 Å². The van der Waals surface area contributed by atoms with Gasteiger partial charge in [0.15, 0.2) is 0 Å². The minimum atomic E-state index is 0.00701. The van der Waals surface area contributed by atoms with Gasteiger partial charge in [0.05, 0.1) is 5.84 Å². The number of rotatable bonds is 2. The highest BCUT2D eigenvalue weighted by Gasteiger charge is 2.02. The van der Waals surface area contributed by atoms with Crippen molar-refractivity contribution >= 4 is 17.4 Å². The molecule has 0 radical (unpaired) electrons. The van der Waals surface area contributed by atoms with Gasteiger partial charge in [-0.3, -0.25) is 5.41 Å². The number of halogens is 1. The number of benzene rings is 1. The quantitative estimate of drug-likeness (QED) is 0.482. The first-order chi connectivity index (χ1) is 5.59. The topological polar surface area (TPSA) is 70.1 Å². The van der Waals surface area contributed by atoms with Gasteiger partial charge in [-0.15, -0.1) is 0 Å². The van der Waals surface area contributed by atoms with Gasteiger partial charge in [0.25, 0.3) is 0 Å². The average Bonchev–Trinajstić information content (AvgIpc) is 1.96. The second kappa shape index (κ2) is 3.45. The lowest BCUT2D eigenvalue weighted by Gasteiger charge is -2.02. The van der Waals surface area contributed by atoms with E-state index in [1.54, 1.807) is 12.1 Å². The fraction of sp³-hybridized carbons (Fsp3) is 0.125. The van der Waals surface area contributed by atoms with E-state index in [0.717, 1.165) is 0 Å². The summed E-state index contributed by atoms with van der Waals surface area (Å²) in [6.07, 6.45) is 0.229. The predicted molar refractivity (Wildman–Crippen MR) is 48.7 cm³/mol. The largest absolute Gasteiger partial charge is 0.508 e. The lowest BCUT2D eigenvalue weighted by atomic mass is 10.1. The fourth-order valence-corrected chi connectivity index (χ4v) is 1.10. The third-order valence-corrected chi connectivity index (χ3v) is 1.66. The summed E-state index contributed by atoms with van der Waals surface area (Å²) in [6.45, 7) is 0. The molecule has 0 bridgehead atoms. The molecule has 0 aliphatic rings. The molecule has 12 heavy (non-hydrogen) atoms. The lowest BCUT2D eigenvalue weighted by molar-refractivity contribution is 0.470. The zero-order chi connectivity index (χ0) is 9.14. The zero-order valence-corrected chi connectivity index (χ0v) is 7.10. The van der Waals surface area contributed by atoms with Gasteiger partial charge in [-0.05, 0) is 18.2 Å². The third kappa shape index (κ3) is 2.13. The van der Waals surface area contributed by atoms with Crippen molar-refractivity contribution < 1.29 is 5.11 Å². The SMILES string of the molecule is N=C(N)Cc1cc(Cl)ccc1O. The highest BCUT2D eigenvalue weighted by molar-refractivity contribution is 6.30. The maximum Gasteiger partial charge on any atom is 0.119 e. The van der Waals surface area contributed by atoms with Crippen LogP contribution >= 0.6 is 11.6 Å². The summed E-state index contributed by atoms with van der Waals surface area (Å²) < 4.78 is 0. The van der Waals surface area contributed by atoms with Crippen LogP contribution in [0, 0.1) is 5.41 Å². The Balaban J connectivity index is 2.97. The number of nitrogens with one attached hydrogen (secondary N) is 1. The second-order valence-electron chi connectivity index (χ2n) is 2.48. The molecule has 1 rings (SSSR count). The third-order valence-electron chi connectivity index (χ3n) is 1.42. The van der Waals surface area contributed by atoms with Gasteiger partial charge in [-0.2, -0.15) is 0 Å². The summed E-state index contributed by atoms with van der Waals surface area (Å²) in [6, 6.07) is 4.67. The van der Waals surface area contributed by atoms with Crippen LogP contribution in [0.3, 0.4) is 0 Å². The van der Waals surface area contributed by atoms with Crippen molar-refractivity contribution in [3.05, 3.63) is 28.8 Å². The van der Waals surface area contributed by atoms with Crippen molar-refractivity contribution in [3.8, 4) is 5.75 Å². The molecule has 0 atom stereocenters. The lowest BCUT2D eigenvalue weighted by Crippen LogP contribution is -2.12. The van der Waals surface area contributed by atoms with Crippen LogP contribution in [-0.2, 0) is 6.42 Å². The molecular formula is C8H9ClN2O. The second-order valence-corrected chi connectivity index (χ2v) is 2.91. The highest BCUT2D eigenvalue weighted by atomic mass is 35.5. The fourth-order valence-electron chi connectivity index (χ4n) is 0.901. The molecule has 0 heterocycles. The van der Waals surface area contributed by atoms with Crippen LogP contribution < -0.4 is 5.73 Å². The molecule has 3 nitrogen and oxygen atoms in total. The molecule has 0 spiro atoms. The summed E-state index contributed by atoms with van der Waals surface area (Å²) in [7, 11) is 0. The molecule has 0 aliphatic heterocycles. The van der Waals surface area contributed by atoms with E-state index in [1.165, 1.54) is 6.07 Å². The van der Waals surface area contributed by atoms with E-state index in [-0.39, 0.29) is 18.0 Å². The number of amidine groups is 1. The van der Waals surface area contributed by atoms with Gasteiger partial charge in [-0.25, -0.2) is 0 Å². The Labute approximate surface area is 75.3 Å². The molecule has 0 fully saturated rings. The number of hydrogen-bond acceptors (Lipinski definition) is 2. The molecule has 0 aromatic heterocycles. The first-order valence-corrected chi connectivity index (χ1v) is 3.77. The molecule has 0 unspecified atom stereocenters. The average molecular weight is 185 g/mol. The normalized spacial score (nSPS) is 9.75. The molecule has 0 amide bonds. The van der Waals surface area contributed by atoms with Crippen LogP contribution in [0.4, 0.5) is 0 Å². The van der Waals surface area contributed by atoms with Crippen LogP contribution in [0.5, 0.6) is 5.75 Å². The Morgan fingerprint density at radius 3 is 2.83 bits per heavy atom. The molecule has 0 saturated carbocycles. The molecule has 0 saturated heterocycles. The Bertz CT molecular complexity index is 312. The summed E-state index contributed by atoms with van der Waals surface area (Å²) in [4.78, 5) is 0. The van der Waals surface area contributed by atoms with Gasteiger partial charge in [-0.1, -0.05) is 11.6 Å². The van der Waals surface area contributed by atoms with Crippen molar-refractivity contribution in [1.82, 2.24) is 0 Å². The van der Waals surface area contributed by atoms with Crippen molar-refractivity contribution in [2.75, 3.05) is 0 Å². The Hall–Kier alpha value is -1.22. The van der Waals surface area contributed by atoms with Crippen molar-refractivity contribution in [1.29, 1.82) is 5.41 Å². The summed E-state index contributed by atoms with van der Waals surface area (Å²) >= 11 is 5.68. The van der Waals surface area contributed by atoms with Crippen LogP contribution in [-0.4, -0.2) is 10.9 Å². The monoisotopic (exact) mass is 184 g/mol. The smallest absolute Gasteiger partial charge is 0.119 e.